The number of amides is 1. The van der Waals surface area contributed by atoms with Crippen molar-refractivity contribution in [3.05, 3.63) is 59.1 Å². The van der Waals surface area contributed by atoms with Gasteiger partial charge in [0.1, 0.15) is 12.4 Å². The van der Waals surface area contributed by atoms with Gasteiger partial charge in [-0.3, -0.25) is 14.8 Å². The molecule has 1 aliphatic rings. The Morgan fingerprint density at radius 1 is 1.31 bits per heavy atom. The Balaban J connectivity index is 1.34. The van der Waals surface area contributed by atoms with Crippen LogP contribution in [-0.4, -0.2) is 40.7 Å². The molecule has 7 heteroatoms. The number of carbonyl (C=O) groups excluding carboxylic acids is 1. The molecule has 2 aromatic heterocycles. The van der Waals surface area contributed by atoms with Gasteiger partial charge in [0.15, 0.2) is 0 Å². The van der Waals surface area contributed by atoms with Crippen molar-refractivity contribution >= 4 is 17.2 Å². The zero-order valence-electron chi connectivity index (χ0n) is 14.3. The van der Waals surface area contributed by atoms with Gasteiger partial charge in [-0.05, 0) is 17.5 Å². The fourth-order valence-corrected chi connectivity index (χ4v) is 3.80. The lowest BCUT2D eigenvalue weighted by Gasteiger charge is -2.18. The van der Waals surface area contributed by atoms with Crippen LogP contribution >= 0.6 is 11.3 Å². The van der Waals surface area contributed by atoms with Crippen molar-refractivity contribution in [1.29, 1.82) is 0 Å². The highest BCUT2D eigenvalue weighted by Gasteiger charge is 2.17. The van der Waals surface area contributed by atoms with Crippen LogP contribution in [0.15, 0.2) is 48.0 Å². The van der Waals surface area contributed by atoms with Gasteiger partial charge < -0.3 is 10.1 Å². The van der Waals surface area contributed by atoms with Crippen molar-refractivity contribution < 1.29 is 9.53 Å². The number of carbonyl (C=O) groups is 1. The van der Waals surface area contributed by atoms with Gasteiger partial charge in [0, 0.05) is 30.8 Å². The van der Waals surface area contributed by atoms with Gasteiger partial charge in [0.05, 0.1) is 23.3 Å². The van der Waals surface area contributed by atoms with Crippen molar-refractivity contribution in [3.8, 4) is 16.3 Å². The number of aromatic amines is 1. The zero-order valence-corrected chi connectivity index (χ0v) is 15.1. The SMILES string of the molecule is O=C(CN1CCOc2ccccc2C1)NCc1cn[nH]c1-c1cccs1. The second-order valence-corrected chi connectivity index (χ2v) is 7.14. The predicted molar refractivity (Wildman–Crippen MR) is 101 cm³/mol. The molecule has 1 aromatic carbocycles. The highest BCUT2D eigenvalue weighted by atomic mass is 32.1. The molecule has 0 saturated carbocycles. The van der Waals surface area contributed by atoms with Crippen molar-refractivity contribution in [3.63, 3.8) is 0 Å². The van der Waals surface area contributed by atoms with E-state index in [1.807, 2.05) is 41.8 Å². The second-order valence-electron chi connectivity index (χ2n) is 6.19. The number of H-pyrrole nitrogens is 1. The number of hydrogen-bond donors (Lipinski definition) is 2. The molecule has 3 aromatic rings. The number of aromatic nitrogens is 2. The number of thiophene rings is 1. The number of hydrogen-bond acceptors (Lipinski definition) is 5. The number of fused-ring (bicyclic) bond motifs is 1. The minimum absolute atomic E-state index is 0.00251. The van der Waals surface area contributed by atoms with E-state index in [0.717, 1.165) is 40.5 Å². The van der Waals surface area contributed by atoms with Gasteiger partial charge in [-0.25, -0.2) is 0 Å². The first-order chi connectivity index (χ1) is 12.8. The quantitative estimate of drug-likeness (QED) is 0.726. The topological polar surface area (TPSA) is 70.2 Å². The molecule has 0 unspecified atom stereocenters. The monoisotopic (exact) mass is 368 g/mol. The molecule has 26 heavy (non-hydrogen) atoms. The highest BCUT2D eigenvalue weighted by Crippen LogP contribution is 2.25. The lowest BCUT2D eigenvalue weighted by Crippen LogP contribution is -2.37. The molecule has 0 fully saturated rings. The summed E-state index contributed by atoms with van der Waals surface area (Å²) < 4.78 is 5.75. The van der Waals surface area contributed by atoms with Crippen LogP contribution in [0.2, 0.25) is 0 Å². The van der Waals surface area contributed by atoms with E-state index in [9.17, 15) is 4.79 Å². The van der Waals surface area contributed by atoms with Crippen LogP contribution in [0.4, 0.5) is 0 Å². The maximum absolute atomic E-state index is 12.4. The number of rotatable bonds is 5. The van der Waals surface area contributed by atoms with Gasteiger partial charge in [0.25, 0.3) is 0 Å². The predicted octanol–water partition coefficient (Wildman–Crippen LogP) is 2.65. The van der Waals surface area contributed by atoms with Crippen molar-refractivity contribution in [2.75, 3.05) is 19.7 Å². The third-order valence-electron chi connectivity index (χ3n) is 4.36. The standard InChI is InChI=1S/C19H20N4O2S/c24-18(13-23-7-8-25-16-5-2-1-4-14(16)12-23)20-10-15-11-21-22-19(15)17-6-3-9-26-17/h1-6,9,11H,7-8,10,12-13H2,(H,20,24)(H,21,22). The van der Waals surface area contributed by atoms with Crippen molar-refractivity contribution in [1.82, 2.24) is 20.4 Å². The van der Waals surface area contributed by atoms with Crippen LogP contribution in [0.5, 0.6) is 5.75 Å². The molecule has 1 amide bonds. The second kappa shape index (κ2) is 7.72. The highest BCUT2D eigenvalue weighted by molar-refractivity contribution is 7.13. The fourth-order valence-electron chi connectivity index (χ4n) is 3.05. The van der Waals surface area contributed by atoms with Gasteiger partial charge in [-0.1, -0.05) is 24.3 Å². The molecule has 134 valence electrons. The summed E-state index contributed by atoms with van der Waals surface area (Å²) in [6.45, 7) is 2.85. The fraction of sp³-hybridized carbons (Fsp3) is 0.263. The Kier molecular flexibility index (Phi) is 4.99. The van der Waals surface area contributed by atoms with Gasteiger partial charge >= 0.3 is 0 Å². The van der Waals surface area contributed by atoms with E-state index in [-0.39, 0.29) is 5.91 Å². The summed E-state index contributed by atoms with van der Waals surface area (Å²) in [4.78, 5) is 15.6. The summed E-state index contributed by atoms with van der Waals surface area (Å²) in [5.41, 5.74) is 3.08. The lowest BCUT2D eigenvalue weighted by atomic mass is 10.2. The first-order valence-corrected chi connectivity index (χ1v) is 9.43. The van der Waals surface area contributed by atoms with Crippen LogP contribution in [0.1, 0.15) is 11.1 Å². The first-order valence-electron chi connectivity index (χ1n) is 8.55. The van der Waals surface area contributed by atoms with E-state index < -0.39 is 0 Å². The van der Waals surface area contributed by atoms with Crippen LogP contribution in [0, 0.1) is 0 Å². The van der Waals surface area contributed by atoms with E-state index in [4.69, 9.17) is 4.74 Å². The summed E-state index contributed by atoms with van der Waals surface area (Å²) in [6.07, 6.45) is 1.77. The summed E-state index contributed by atoms with van der Waals surface area (Å²) in [6, 6.07) is 12.0. The smallest absolute Gasteiger partial charge is 0.234 e. The van der Waals surface area contributed by atoms with Crippen LogP contribution in [0.3, 0.4) is 0 Å². The molecule has 0 saturated heterocycles. The zero-order chi connectivity index (χ0) is 17.8. The minimum Gasteiger partial charge on any atom is -0.492 e. The average Bonchev–Trinajstić information content (AvgIpc) is 3.28. The minimum atomic E-state index is 0.00251. The Bertz CT molecular complexity index is 875. The third-order valence-corrected chi connectivity index (χ3v) is 5.25. The van der Waals surface area contributed by atoms with Gasteiger partial charge in [0.2, 0.25) is 5.91 Å². The molecule has 0 radical (unpaired) electrons. The van der Waals surface area contributed by atoms with Crippen molar-refractivity contribution in [2.24, 2.45) is 0 Å². The number of nitrogens with zero attached hydrogens (tertiary/aromatic N) is 2. The van der Waals surface area contributed by atoms with E-state index in [1.165, 1.54) is 0 Å². The maximum atomic E-state index is 12.4. The molecule has 2 N–H and O–H groups in total. The van der Waals surface area contributed by atoms with E-state index in [2.05, 4.69) is 20.4 Å². The van der Waals surface area contributed by atoms with Crippen LogP contribution < -0.4 is 10.1 Å². The average molecular weight is 368 g/mol. The normalized spacial score (nSPS) is 14.3. The number of benzene rings is 1. The molecule has 0 atom stereocenters. The van der Waals surface area contributed by atoms with Crippen LogP contribution in [0.25, 0.3) is 10.6 Å². The molecule has 0 spiro atoms. The Labute approximate surface area is 155 Å². The number of nitrogens with one attached hydrogen (secondary N) is 2. The Hall–Kier alpha value is -2.64. The van der Waals surface area contributed by atoms with E-state index in [1.54, 1.807) is 17.5 Å². The molecular weight excluding hydrogens is 348 g/mol. The van der Waals surface area contributed by atoms with Gasteiger partial charge in [-0.15, -0.1) is 11.3 Å². The number of ether oxygens (including phenoxy) is 1. The molecule has 6 nitrogen and oxygen atoms in total. The van der Waals surface area contributed by atoms with E-state index in [0.29, 0.717) is 19.7 Å². The molecular formula is C19H20N4O2S. The molecule has 4 rings (SSSR count). The summed E-state index contributed by atoms with van der Waals surface area (Å²) in [5, 5.41) is 12.2. The lowest BCUT2D eigenvalue weighted by molar-refractivity contribution is -0.122. The maximum Gasteiger partial charge on any atom is 0.234 e. The molecule has 0 aliphatic carbocycles. The molecule has 0 bridgehead atoms. The van der Waals surface area contributed by atoms with E-state index >= 15 is 0 Å². The van der Waals surface area contributed by atoms with Gasteiger partial charge in [-0.2, -0.15) is 5.10 Å². The largest absolute Gasteiger partial charge is 0.492 e. The molecule has 3 heterocycles. The van der Waals surface area contributed by atoms with Crippen LogP contribution in [-0.2, 0) is 17.9 Å². The number of para-hydroxylation sites is 1. The molecule has 1 aliphatic heterocycles. The summed E-state index contributed by atoms with van der Waals surface area (Å²) in [7, 11) is 0. The summed E-state index contributed by atoms with van der Waals surface area (Å²) in [5.74, 6) is 0.914. The first kappa shape index (κ1) is 16.8. The summed E-state index contributed by atoms with van der Waals surface area (Å²) >= 11 is 1.65. The third kappa shape index (κ3) is 3.79. The van der Waals surface area contributed by atoms with Crippen molar-refractivity contribution in [2.45, 2.75) is 13.1 Å². The Morgan fingerprint density at radius 3 is 3.12 bits per heavy atom. The Morgan fingerprint density at radius 2 is 2.23 bits per heavy atom.